The fraction of sp³-hybridized carbons (Fsp3) is 0.375. The Morgan fingerprint density at radius 3 is 3.00 bits per heavy atom. The third-order valence-corrected chi connectivity index (χ3v) is 1.33. The van der Waals surface area contributed by atoms with Gasteiger partial charge in [0, 0.05) is 6.07 Å². The number of anilines is 1. The molecule has 0 spiro atoms. The van der Waals surface area contributed by atoms with E-state index in [2.05, 4.69) is 9.97 Å². The summed E-state index contributed by atoms with van der Waals surface area (Å²) in [6.45, 7) is 2.31. The van der Waals surface area contributed by atoms with Gasteiger partial charge in [-0.15, -0.1) is 0 Å². The third-order valence-electron chi connectivity index (χ3n) is 1.33. The number of hydrogen-bond donors (Lipinski definition) is 1. The SMILES string of the molecule is CCCOC(=O)c1cc(N)ncn1. The number of ether oxygens (including phenoxy) is 1. The molecule has 1 heterocycles. The Morgan fingerprint density at radius 2 is 2.38 bits per heavy atom. The van der Waals surface area contributed by atoms with Gasteiger partial charge in [0.15, 0.2) is 5.69 Å². The topological polar surface area (TPSA) is 78.1 Å². The van der Waals surface area contributed by atoms with Crippen LogP contribution < -0.4 is 5.73 Å². The summed E-state index contributed by atoms with van der Waals surface area (Å²) in [5.74, 6) is -0.200. The average Bonchev–Trinajstić information content (AvgIpc) is 2.14. The van der Waals surface area contributed by atoms with Crippen molar-refractivity contribution in [3.05, 3.63) is 18.1 Å². The minimum Gasteiger partial charge on any atom is -0.461 e. The van der Waals surface area contributed by atoms with Crippen LogP contribution in [0.2, 0.25) is 0 Å². The van der Waals surface area contributed by atoms with E-state index < -0.39 is 5.97 Å². The Morgan fingerprint density at radius 1 is 1.62 bits per heavy atom. The van der Waals surface area contributed by atoms with Gasteiger partial charge in [-0.25, -0.2) is 14.8 Å². The predicted octanol–water partition coefficient (Wildman–Crippen LogP) is 0.626. The van der Waals surface area contributed by atoms with Crippen molar-refractivity contribution in [2.75, 3.05) is 12.3 Å². The summed E-state index contributed by atoms with van der Waals surface area (Å²) in [7, 11) is 0. The van der Waals surface area contributed by atoms with E-state index in [0.29, 0.717) is 6.61 Å². The van der Waals surface area contributed by atoms with Crippen LogP contribution >= 0.6 is 0 Å². The van der Waals surface area contributed by atoms with Gasteiger partial charge in [0.25, 0.3) is 0 Å². The van der Waals surface area contributed by atoms with Crippen LogP contribution in [0.1, 0.15) is 23.8 Å². The normalized spacial score (nSPS) is 9.62. The maximum Gasteiger partial charge on any atom is 0.357 e. The number of hydrogen-bond acceptors (Lipinski definition) is 5. The lowest BCUT2D eigenvalue weighted by molar-refractivity contribution is 0.0498. The monoisotopic (exact) mass is 181 g/mol. The average molecular weight is 181 g/mol. The predicted molar refractivity (Wildman–Crippen MR) is 47.0 cm³/mol. The van der Waals surface area contributed by atoms with Crippen LogP contribution in [0.3, 0.4) is 0 Å². The number of nitrogens with two attached hydrogens (primary N) is 1. The lowest BCUT2D eigenvalue weighted by Crippen LogP contribution is -2.09. The van der Waals surface area contributed by atoms with E-state index in [0.717, 1.165) is 6.42 Å². The molecule has 0 aromatic carbocycles. The summed E-state index contributed by atoms with van der Waals surface area (Å²) in [5, 5.41) is 0. The van der Waals surface area contributed by atoms with Gasteiger partial charge in [0.2, 0.25) is 0 Å². The van der Waals surface area contributed by atoms with Crippen molar-refractivity contribution in [2.45, 2.75) is 13.3 Å². The van der Waals surface area contributed by atoms with Crippen molar-refractivity contribution >= 4 is 11.8 Å². The second-order valence-electron chi connectivity index (χ2n) is 2.46. The Balaban J connectivity index is 2.66. The van der Waals surface area contributed by atoms with Gasteiger partial charge in [-0.3, -0.25) is 0 Å². The number of carbonyl (C=O) groups is 1. The summed E-state index contributed by atoms with van der Waals surface area (Å²) < 4.78 is 4.85. The molecule has 0 aliphatic heterocycles. The van der Waals surface area contributed by atoms with Gasteiger partial charge in [-0.2, -0.15) is 0 Å². The van der Waals surface area contributed by atoms with Crippen molar-refractivity contribution < 1.29 is 9.53 Å². The van der Waals surface area contributed by atoms with Crippen molar-refractivity contribution in [2.24, 2.45) is 0 Å². The van der Waals surface area contributed by atoms with Crippen LogP contribution in [0, 0.1) is 0 Å². The zero-order valence-corrected chi connectivity index (χ0v) is 7.36. The van der Waals surface area contributed by atoms with Crippen LogP contribution in [0.4, 0.5) is 5.82 Å². The van der Waals surface area contributed by atoms with Crippen LogP contribution in [-0.4, -0.2) is 22.5 Å². The fourth-order valence-electron chi connectivity index (χ4n) is 0.753. The Bertz CT molecular complexity index is 301. The van der Waals surface area contributed by atoms with Gasteiger partial charge in [0.05, 0.1) is 6.61 Å². The molecule has 0 unspecified atom stereocenters. The highest BCUT2D eigenvalue weighted by Gasteiger charge is 2.08. The lowest BCUT2D eigenvalue weighted by atomic mass is 10.4. The molecule has 0 radical (unpaired) electrons. The summed E-state index contributed by atoms with van der Waals surface area (Å²) in [4.78, 5) is 18.6. The number of nitrogens with zero attached hydrogens (tertiary/aromatic N) is 2. The molecule has 0 saturated carbocycles. The van der Waals surface area contributed by atoms with E-state index in [4.69, 9.17) is 10.5 Å². The third kappa shape index (κ3) is 2.70. The van der Waals surface area contributed by atoms with E-state index in [1.807, 2.05) is 6.92 Å². The maximum absolute atomic E-state index is 11.2. The molecular weight excluding hydrogens is 170 g/mol. The zero-order chi connectivity index (χ0) is 9.68. The van der Waals surface area contributed by atoms with E-state index in [1.165, 1.54) is 12.4 Å². The summed E-state index contributed by atoms with van der Waals surface area (Å²) in [6, 6.07) is 1.39. The Labute approximate surface area is 75.9 Å². The van der Waals surface area contributed by atoms with Gasteiger partial charge in [-0.1, -0.05) is 6.92 Å². The molecule has 13 heavy (non-hydrogen) atoms. The minimum absolute atomic E-state index is 0.195. The minimum atomic E-state index is -0.462. The highest BCUT2D eigenvalue weighted by molar-refractivity contribution is 5.87. The summed E-state index contributed by atoms with van der Waals surface area (Å²) in [5.41, 5.74) is 5.56. The first-order valence-electron chi connectivity index (χ1n) is 3.98. The molecule has 0 fully saturated rings. The van der Waals surface area contributed by atoms with Crippen molar-refractivity contribution in [3.63, 3.8) is 0 Å². The molecule has 2 N–H and O–H groups in total. The molecule has 0 amide bonds. The van der Waals surface area contributed by atoms with Crippen LogP contribution in [0.5, 0.6) is 0 Å². The molecule has 0 aliphatic rings. The fourth-order valence-corrected chi connectivity index (χ4v) is 0.753. The van der Waals surface area contributed by atoms with Gasteiger partial charge >= 0.3 is 5.97 Å². The molecule has 1 rings (SSSR count). The highest BCUT2D eigenvalue weighted by atomic mass is 16.5. The zero-order valence-electron chi connectivity index (χ0n) is 7.36. The first-order chi connectivity index (χ1) is 6.24. The van der Waals surface area contributed by atoms with E-state index >= 15 is 0 Å². The standard InChI is InChI=1S/C8H11N3O2/c1-2-3-13-8(12)6-4-7(9)11-5-10-6/h4-5H,2-3H2,1H3,(H2,9,10,11). The second kappa shape index (κ2) is 4.39. The van der Waals surface area contributed by atoms with Crippen LogP contribution in [0.25, 0.3) is 0 Å². The summed E-state index contributed by atoms with van der Waals surface area (Å²) in [6.07, 6.45) is 2.02. The molecule has 0 bridgehead atoms. The van der Waals surface area contributed by atoms with E-state index in [9.17, 15) is 4.79 Å². The van der Waals surface area contributed by atoms with Gasteiger partial charge < -0.3 is 10.5 Å². The molecule has 5 heteroatoms. The van der Waals surface area contributed by atoms with E-state index in [-0.39, 0.29) is 11.5 Å². The molecule has 1 aromatic heterocycles. The van der Waals surface area contributed by atoms with E-state index in [1.54, 1.807) is 0 Å². The van der Waals surface area contributed by atoms with Crippen LogP contribution in [-0.2, 0) is 4.74 Å². The van der Waals surface area contributed by atoms with Crippen molar-refractivity contribution in [3.8, 4) is 0 Å². The Hall–Kier alpha value is -1.65. The van der Waals surface area contributed by atoms with Gasteiger partial charge in [-0.05, 0) is 6.42 Å². The molecule has 0 aliphatic carbocycles. The quantitative estimate of drug-likeness (QED) is 0.692. The Kier molecular flexibility index (Phi) is 3.19. The largest absolute Gasteiger partial charge is 0.461 e. The number of aromatic nitrogens is 2. The first-order valence-corrected chi connectivity index (χ1v) is 3.98. The number of carbonyl (C=O) groups excluding carboxylic acids is 1. The molecular formula is C8H11N3O2. The lowest BCUT2D eigenvalue weighted by Gasteiger charge is -2.01. The molecule has 70 valence electrons. The number of esters is 1. The smallest absolute Gasteiger partial charge is 0.357 e. The van der Waals surface area contributed by atoms with Crippen molar-refractivity contribution in [1.29, 1.82) is 0 Å². The van der Waals surface area contributed by atoms with Crippen LogP contribution in [0.15, 0.2) is 12.4 Å². The second-order valence-corrected chi connectivity index (χ2v) is 2.46. The molecule has 5 nitrogen and oxygen atoms in total. The number of rotatable bonds is 3. The van der Waals surface area contributed by atoms with Gasteiger partial charge in [0.1, 0.15) is 12.1 Å². The first kappa shape index (κ1) is 9.44. The molecule has 0 saturated heterocycles. The molecule has 1 aromatic rings. The van der Waals surface area contributed by atoms with Crippen molar-refractivity contribution in [1.82, 2.24) is 9.97 Å². The highest BCUT2D eigenvalue weighted by Crippen LogP contribution is 2.01. The maximum atomic E-state index is 11.2. The molecule has 0 atom stereocenters. The summed E-state index contributed by atoms with van der Waals surface area (Å²) >= 11 is 0. The number of nitrogen functional groups attached to an aromatic ring is 1.